The van der Waals surface area contributed by atoms with Gasteiger partial charge in [-0.15, -0.1) is 0 Å². The van der Waals surface area contributed by atoms with Gasteiger partial charge in [0.05, 0.1) is 5.56 Å². The van der Waals surface area contributed by atoms with E-state index < -0.39 is 40.5 Å². The van der Waals surface area contributed by atoms with Crippen molar-refractivity contribution in [3.8, 4) is 11.8 Å². The Morgan fingerprint density at radius 2 is 1.42 bits per heavy atom. The quantitative estimate of drug-likeness (QED) is 0.123. The van der Waals surface area contributed by atoms with Crippen molar-refractivity contribution in [1.82, 2.24) is 0 Å². The second-order valence-electron chi connectivity index (χ2n) is 7.35. The SMILES string of the molecule is CCCCCCCc1c(F)cc(C#Cc2ccc3c(F)c(F)c(F)cc3c2)c(F)c1F. The van der Waals surface area contributed by atoms with Crippen LogP contribution in [0.15, 0.2) is 30.3 Å². The molecule has 0 nitrogen and oxygen atoms in total. The number of unbranched alkanes of at least 4 members (excludes halogenated alkanes) is 4. The summed E-state index contributed by atoms with van der Waals surface area (Å²) in [7, 11) is 0. The van der Waals surface area contributed by atoms with E-state index in [1.54, 1.807) is 0 Å². The fraction of sp³-hybridized carbons (Fsp3) is 0.280. The summed E-state index contributed by atoms with van der Waals surface area (Å²) in [6, 6.07) is 5.47. The molecule has 0 fully saturated rings. The van der Waals surface area contributed by atoms with Gasteiger partial charge < -0.3 is 0 Å². The fourth-order valence-electron chi connectivity index (χ4n) is 3.38. The molecule has 0 spiro atoms. The van der Waals surface area contributed by atoms with Crippen LogP contribution in [0.1, 0.15) is 55.7 Å². The first-order valence-electron chi connectivity index (χ1n) is 10.1. The molecule has 0 heterocycles. The minimum absolute atomic E-state index is 0.0550. The number of rotatable bonds is 6. The summed E-state index contributed by atoms with van der Waals surface area (Å²) in [5.74, 6) is -2.72. The lowest BCUT2D eigenvalue weighted by molar-refractivity contribution is 0.453. The van der Waals surface area contributed by atoms with Gasteiger partial charge in [0.1, 0.15) is 5.82 Å². The van der Waals surface area contributed by atoms with Crippen LogP contribution in [0.4, 0.5) is 26.3 Å². The smallest absolute Gasteiger partial charge is 0.195 e. The Morgan fingerprint density at radius 3 is 2.16 bits per heavy atom. The summed E-state index contributed by atoms with van der Waals surface area (Å²) < 4.78 is 83.6. The van der Waals surface area contributed by atoms with Crippen molar-refractivity contribution in [2.24, 2.45) is 0 Å². The average Bonchev–Trinajstić information content (AvgIpc) is 2.75. The molecule has 0 aromatic heterocycles. The zero-order valence-electron chi connectivity index (χ0n) is 16.9. The number of halogens is 6. The van der Waals surface area contributed by atoms with Crippen LogP contribution in [0.2, 0.25) is 0 Å². The van der Waals surface area contributed by atoms with Gasteiger partial charge >= 0.3 is 0 Å². The maximum atomic E-state index is 14.4. The van der Waals surface area contributed by atoms with Crippen molar-refractivity contribution >= 4 is 10.8 Å². The third-order valence-electron chi connectivity index (χ3n) is 5.10. The lowest BCUT2D eigenvalue weighted by Crippen LogP contribution is -2.02. The van der Waals surface area contributed by atoms with Crippen molar-refractivity contribution in [3.05, 3.63) is 81.9 Å². The lowest BCUT2D eigenvalue weighted by atomic mass is 10.0. The second kappa shape index (κ2) is 9.91. The highest BCUT2D eigenvalue weighted by atomic mass is 19.2. The monoisotopic (exact) mass is 434 g/mol. The maximum Gasteiger partial charge on any atom is 0.195 e. The van der Waals surface area contributed by atoms with Crippen LogP contribution in [-0.4, -0.2) is 0 Å². The van der Waals surface area contributed by atoms with Gasteiger partial charge in [-0.25, -0.2) is 26.3 Å². The third-order valence-corrected chi connectivity index (χ3v) is 5.10. The molecule has 0 aliphatic heterocycles. The Bertz CT molecular complexity index is 1170. The molecular weight excluding hydrogens is 414 g/mol. The highest BCUT2D eigenvalue weighted by molar-refractivity contribution is 5.84. The Balaban J connectivity index is 1.86. The lowest BCUT2D eigenvalue weighted by Gasteiger charge is -2.07. The zero-order chi connectivity index (χ0) is 22.5. The minimum Gasteiger partial charge on any atom is -0.207 e. The Kier molecular flexibility index (Phi) is 7.27. The number of hydrogen-bond acceptors (Lipinski definition) is 0. The summed E-state index contributed by atoms with van der Waals surface area (Å²) >= 11 is 0. The van der Waals surface area contributed by atoms with Gasteiger partial charge in [0.2, 0.25) is 0 Å². The van der Waals surface area contributed by atoms with Crippen molar-refractivity contribution in [3.63, 3.8) is 0 Å². The fourth-order valence-corrected chi connectivity index (χ4v) is 3.38. The standard InChI is InChI=1S/C25H20F6/c1-2-3-4-5-6-7-19-20(26)13-16(22(28)24(19)30)10-8-15-9-11-18-17(12-15)14-21(27)25(31)23(18)29/h9,11-14H,2-7H2,1H3. The Morgan fingerprint density at radius 1 is 0.677 bits per heavy atom. The molecular formula is C25H20F6. The summed E-state index contributed by atoms with van der Waals surface area (Å²) in [5.41, 5.74) is -0.530. The van der Waals surface area contributed by atoms with Crippen molar-refractivity contribution in [1.29, 1.82) is 0 Å². The third kappa shape index (κ3) is 5.04. The highest BCUT2D eigenvalue weighted by Gasteiger charge is 2.18. The minimum atomic E-state index is -1.58. The van der Waals surface area contributed by atoms with Crippen LogP contribution in [0.3, 0.4) is 0 Å². The average molecular weight is 434 g/mol. The molecule has 3 rings (SSSR count). The molecule has 0 amide bonds. The summed E-state index contributed by atoms with van der Waals surface area (Å²) in [6.07, 6.45) is 4.51. The first-order chi connectivity index (χ1) is 14.8. The predicted molar refractivity (Wildman–Crippen MR) is 109 cm³/mol. The van der Waals surface area contributed by atoms with Gasteiger partial charge in [0.25, 0.3) is 0 Å². The van der Waals surface area contributed by atoms with Crippen LogP contribution in [0.25, 0.3) is 10.8 Å². The molecule has 162 valence electrons. The van der Waals surface area contributed by atoms with E-state index in [0.29, 0.717) is 6.42 Å². The van der Waals surface area contributed by atoms with E-state index in [-0.39, 0.29) is 28.3 Å². The van der Waals surface area contributed by atoms with Crippen molar-refractivity contribution in [2.45, 2.75) is 45.4 Å². The molecule has 0 atom stereocenters. The first kappa shape index (κ1) is 22.7. The van der Waals surface area contributed by atoms with Crippen LogP contribution in [-0.2, 0) is 6.42 Å². The van der Waals surface area contributed by atoms with Gasteiger partial charge in [-0.1, -0.05) is 50.5 Å². The molecule has 0 radical (unpaired) electrons. The van der Waals surface area contributed by atoms with Crippen LogP contribution >= 0.6 is 0 Å². The van der Waals surface area contributed by atoms with Crippen LogP contribution in [0, 0.1) is 46.7 Å². The molecule has 0 aliphatic rings. The van der Waals surface area contributed by atoms with Gasteiger partial charge in [0, 0.05) is 16.5 Å². The van der Waals surface area contributed by atoms with Gasteiger partial charge in [0.15, 0.2) is 29.1 Å². The van der Waals surface area contributed by atoms with E-state index in [1.807, 2.05) is 0 Å². The molecule has 6 heteroatoms. The van der Waals surface area contributed by atoms with E-state index in [1.165, 1.54) is 18.2 Å². The van der Waals surface area contributed by atoms with Gasteiger partial charge in [-0.2, -0.15) is 0 Å². The second-order valence-corrected chi connectivity index (χ2v) is 7.35. The van der Waals surface area contributed by atoms with Crippen LogP contribution in [0.5, 0.6) is 0 Å². The van der Waals surface area contributed by atoms with Crippen LogP contribution < -0.4 is 0 Å². The molecule has 3 aromatic rings. The molecule has 0 saturated heterocycles. The first-order valence-corrected chi connectivity index (χ1v) is 10.1. The largest absolute Gasteiger partial charge is 0.207 e. The van der Waals surface area contributed by atoms with Crippen molar-refractivity contribution < 1.29 is 26.3 Å². The predicted octanol–water partition coefficient (Wildman–Crippen LogP) is 7.59. The molecule has 3 aromatic carbocycles. The number of hydrogen-bond donors (Lipinski definition) is 0. The molecule has 0 N–H and O–H groups in total. The van der Waals surface area contributed by atoms with Gasteiger partial charge in [-0.3, -0.25) is 0 Å². The van der Waals surface area contributed by atoms with E-state index in [2.05, 4.69) is 18.8 Å². The summed E-state index contributed by atoms with van der Waals surface area (Å²) in [5, 5.41) is -0.0875. The molecule has 0 bridgehead atoms. The van der Waals surface area contributed by atoms with E-state index >= 15 is 0 Å². The number of fused-ring (bicyclic) bond motifs is 1. The Hall–Kier alpha value is -2.94. The van der Waals surface area contributed by atoms with E-state index in [0.717, 1.165) is 37.8 Å². The maximum absolute atomic E-state index is 14.4. The van der Waals surface area contributed by atoms with E-state index in [4.69, 9.17) is 0 Å². The molecule has 31 heavy (non-hydrogen) atoms. The Labute approximate surface area is 176 Å². The van der Waals surface area contributed by atoms with E-state index in [9.17, 15) is 26.3 Å². The topological polar surface area (TPSA) is 0 Å². The summed E-state index contributed by atoms with van der Waals surface area (Å²) in [4.78, 5) is 0. The molecule has 0 unspecified atom stereocenters. The zero-order valence-corrected chi connectivity index (χ0v) is 16.9. The molecule has 0 aliphatic carbocycles. The number of benzene rings is 3. The normalized spacial score (nSPS) is 10.9. The van der Waals surface area contributed by atoms with Gasteiger partial charge in [-0.05, 0) is 42.5 Å². The summed E-state index contributed by atoms with van der Waals surface area (Å²) in [6.45, 7) is 2.06. The van der Waals surface area contributed by atoms with Crippen molar-refractivity contribution in [2.75, 3.05) is 0 Å². The highest BCUT2D eigenvalue weighted by Crippen LogP contribution is 2.25. The molecule has 0 saturated carbocycles.